The Hall–Kier alpha value is -1.49. The van der Waals surface area contributed by atoms with Crippen LogP contribution in [0, 0.1) is 30.1 Å². The Morgan fingerprint density at radius 3 is 2.23 bits per heavy atom. The van der Waals surface area contributed by atoms with Crippen LogP contribution in [0.2, 0.25) is 0 Å². The molecule has 0 saturated carbocycles. The van der Waals surface area contributed by atoms with Crippen molar-refractivity contribution in [2.75, 3.05) is 40.8 Å². The number of nitrogens with zero attached hydrogens (tertiary/aromatic N) is 1. The molecular weight excluding hydrogens is 726 g/mol. The Morgan fingerprint density at radius 1 is 1.02 bits per heavy atom. The second-order valence-electron chi connectivity index (χ2n) is 17.8. The highest BCUT2D eigenvalue weighted by Gasteiger charge is 2.58. The van der Waals surface area contributed by atoms with Crippen molar-refractivity contribution in [1.29, 1.82) is 0 Å². The van der Waals surface area contributed by atoms with E-state index in [9.17, 15) is 30.3 Å². The molecular formula is C41H75N3O12. The van der Waals surface area contributed by atoms with Gasteiger partial charge in [0.25, 0.3) is 0 Å². The highest BCUT2D eigenvalue weighted by Crippen LogP contribution is 2.43. The number of aliphatic hydroxyl groups is 5. The van der Waals surface area contributed by atoms with Gasteiger partial charge in [-0.25, -0.2) is 0 Å². The topological polar surface area (TPSA) is 201 Å². The second-order valence-corrected chi connectivity index (χ2v) is 17.8. The van der Waals surface area contributed by atoms with Gasteiger partial charge in [-0.3, -0.25) is 4.79 Å². The number of likely N-dealkylation sites (N-methyl/N-ethyl adjacent to an activating group) is 1. The maximum atomic E-state index is 14.3. The molecule has 3 fully saturated rings. The molecule has 326 valence electrons. The van der Waals surface area contributed by atoms with Crippen molar-refractivity contribution in [3.8, 4) is 12.3 Å². The van der Waals surface area contributed by atoms with Gasteiger partial charge in [0.2, 0.25) is 0 Å². The Bertz CT molecular complexity index is 1300. The molecule has 56 heavy (non-hydrogen) atoms. The quantitative estimate of drug-likeness (QED) is 0.0943. The van der Waals surface area contributed by atoms with Crippen LogP contribution in [0.3, 0.4) is 0 Å². The molecule has 0 aromatic carbocycles. The Balaban J connectivity index is 2.16. The molecule has 3 rings (SSSR count). The minimum Gasteiger partial charge on any atom is -0.459 e. The van der Waals surface area contributed by atoms with Crippen molar-refractivity contribution in [2.45, 2.75) is 185 Å². The van der Waals surface area contributed by atoms with Crippen LogP contribution in [0.15, 0.2) is 0 Å². The number of cyclic esters (lactones) is 1. The lowest BCUT2D eigenvalue weighted by atomic mass is 9.75. The minimum atomic E-state index is -1.83. The van der Waals surface area contributed by atoms with Crippen LogP contribution in [0.5, 0.6) is 0 Å². The zero-order valence-corrected chi connectivity index (χ0v) is 36.2. The van der Waals surface area contributed by atoms with Crippen molar-refractivity contribution in [3.05, 3.63) is 0 Å². The van der Waals surface area contributed by atoms with Crippen molar-refractivity contribution in [1.82, 2.24) is 15.5 Å². The molecule has 15 nitrogen and oxygen atoms in total. The second kappa shape index (κ2) is 19.7. The van der Waals surface area contributed by atoms with E-state index in [1.165, 1.54) is 14.0 Å². The van der Waals surface area contributed by atoms with E-state index in [-0.39, 0.29) is 50.4 Å². The van der Waals surface area contributed by atoms with E-state index in [1.807, 2.05) is 32.8 Å². The number of carbonyl (C=O) groups is 1. The maximum absolute atomic E-state index is 14.3. The Morgan fingerprint density at radius 2 is 1.66 bits per heavy atom. The third-order valence-corrected chi connectivity index (χ3v) is 12.8. The number of ether oxygens (including phenoxy) is 6. The van der Waals surface area contributed by atoms with Gasteiger partial charge in [0.05, 0.1) is 42.5 Å². The summed E-state index contributed by atoms with van der Waals surface area (Å²) in [6.07, 6.45) is -2.43. The third-order valence-electron chi connectivity index (χ3n) is 12.8. The van der Waals surface area contributed by atoms with Gasteiger partial charge in [-0.1, -0.05) is 26.7 Å². The first-order valence-corrected chi connectivity index (χ1v) is 20.3. The smallest absolute Gasteiger partial charge is 0.311 e. The van der Waals surface area contributed by atoms with Crippen LogP contribution in [-0.4, -0.2) is 167 Å². The van der Waals surface area contributed by atoms with Crippen LogP contribution in [0.1, 0.15) is 94.9 Å². The summed E-state index contributed by atoms with van der Waals surface area (Å²) in [5.74, 6) is -0.231. The lowest BCUT2D eigenvalue weighted by Crippen LogP contribution is -2.70. The predicted octanol–water partition coefficient (Wildman–Crippen LogP) is 1.15. The summed E-state index contributed by atoms with van der Waals surface area (Å²) in [4.78, 5) is 16.2. The Kier molecular flexibility index (Phi) is 17.2. The van der Waals surface area contributed by atoms with E-state index in [2.05, 4.69) is 16.6 Å². The summed E-state index contributed by atoms with van der Waals surface area (Å²) in [6, 6.07) is -0.898. The van der Waals surface area contributed by atoms with Gasteiger partial charge < -0.3 is 69.5 Å². The zero-order chi connectivity index (χ0) is 42.6. The lowest BCUT2D eigenvalue weighted by molar-refractivity contribution is -0.336. The van der Waals surface area contributed by atoms with Crippen LogP contribution < -0.4 is 10.6 Å². The molecule has 0 aromatic heterocycles. The number of hydrogen-bond donors (Lipinski definition) is 7. The van der Waals surface area contributed by atoms with Gasteiger partial charge in [0.15, 0.2) is 12.6 Å². The van der Waals surface area contributed by atoms with Crippen LogP contribution >= 0.6 is 0 Å². The summed E-state index contributed by atoms with van der Waals surface area (Å²) in [6.45, 7) is 18.0. The predicted molar refractivity (Wildman–Crippen MR) is 210 cm³/mol. The number of nitrogens with one attached hydrogen (secondary N) is 2. The number of aliphatic hydroxyl groups excluding tert-OH is 2. The van der Waals surface area contributed by atoms with E-state index in [4.69, 9.17) is 34.8 Å². The van der Waals surface area contributed by atoms with E-state index in [0.29, 0.717) is 13.0 Å². The molecule has 18 atom stereocenters. The summed E-state index contributed by atoms with van der Waals surface area (Å²) >= 11 is 0. The maximum Gasteiger partial charge on any atom is 0.311 e. The van der Waals surface area contributed by atoms with Gasteiger partial charge >= 0.3 is 5.97 Å². The normalized spacial score (nSPS) is 47.7. The zero-order valence-electron chi connectivity index (χ0n) is 36.2. The fourth-order valence-corrected chi connectivity index (χ4v) is 9.08. The van der Waals surface area contributed by atoms with Gasteiger partial charge in [0, 0.05) is 38.1 Å². The average Bonchev–Trinajstić information content (AvgIpc) is 3.12. The summed E-state index contributed by atoms with van der Waals surface area (Å²) in [5.41, 5.74) is -6.15. The van der Waals surface area contributed by atoms with E-state index < -0.39 is 95.5 Å². The van der Waals surface area contributed by atoms with Crippen molar-refractivity contribution in [3.63, 3.8) is 0 Å². The van der Waals surface area contributed by atoms with Crippen LogP contribution in [0.4, 0.5) is 0 Å². The van der Waals surface area contributed by atoms with E-state index in [1.54, 1.807) is 48.5 Å². The lowest BCUT2D eigenvalue weighted by Gasteiger charge is -2.53. The molecule has 15 heteroatoms. The van der Waals surface area contributed by atoms with Crippen molar-refractivity contribution >= 4 is 5.97 Å². The number of hydrogen-bond acceptors (Lipinski definition) is 15. The first-order valence-electron chi connectivity index (χ1n) is 20.3. The van der Waals surface area contributed by atoms with Crippen LogP contribution in [0.25, 0.3) is 0 Å². The minimum absolute atomic E-state index is 0.0422. The van der Waals surface area contributed by atoms with Gasteiger partial charge in [-0.05, 0) is 94.3 Å². The number of rotatable bonds is 10. The van der Waals surface area contributed by atoms with Crippen LogP contribution in [-0.2, 0) is 33.2 Å². The van der Waals surface area contributed by atoms with E-state index >= 15 is 0 Å². The molecule has 0 unspecified atom stereocenters. The molecule has 0 aromatic rings. The average molecular weight is 802 g/mol. The first kappa shape index (κ1) is 48.9. The fourth-order valence-electron chi connectivity index (χ4n) is 9.08. The third kappa shape index (κ3) is 10.8. The summed E-state index contributed by atoms with van der Waals surface area (Å²) in [7, 11) is 5.25. The van der Waals surface area contributed by atoms with Gasteiger partial charge in [0.1, 0.15) is 35.1 Å². The monoisotopic (exact) mass is 802 g/mol. The molecule has 0 radical (unpaired) electrons. The number of esters is 1. The van der Waals surface area contributed by atoms with Crippen molar-refractivity contribution in [2.24, 2.45) is 17.8 Å². The molecule has 0 amide bonds. The molecule has 0 bridgehead atoms. The van der Waals surface area contributed by atoms with Crippen molar-refractivity contribution < 1.29 is 58.7 Å². The first-order chi connectivity index (χ1) is 25.9. The fraction of sp³-hybridized carbons (Fsp3) is 0.927. The largest absolute Gasteiger partial charge is 0.459 e. The molecule has 3 aliphatic rings. The highest BCUT2D eigenvalue weighted by molar-refractivity contribution is 5.73. The Labute approximate surface area is 335 Å². The molecule has 7 N–H and O–H groups in total. The molecule has 0 aliphatic carbocycles. The van der Waals surface area contributed by atoms with Gasteiger partial charge in [-0.15, -0.1) is 6.42 Å². The molecule has 3 aliphatic heterocycles. The van der Waals surface area contributed by atoms with Gasteiger partial charge in [-0.2, -0.15) is 0 Å². The number of carbonyl (C=O) groups excluding carboxylic acids is 1. The SMILES string of the molecule is C#CCNC[C@@]1(O)[C@H](C)O[C@@H](O[C@H]2[C@H](C)[C@@H](O[C@@H]3O[C@H](C)C[C@H](N(C)C)[C@H]3O)[C@@](C)(O)C[C@@H](C)CN[C@H](C)[C@@H](O)[C@](C)(O)[C@@H](CC)OC(=O)[C@@H]2C)C[C@@]1(C)OC. The molecule has 3 saturated heterocycles. The molecule has 3 heterocycles. The van der Waals surface area contributed by atoms with E-state index in [0.717, 1.165) is 0 Å². The number of terminal acetylenes is 1. The summed E-state index contributed by atoms with van der Waals surface area (Å²) < 4.78 is 38.1. The highest BCUT2D eigenvalue weighted by atomic mass is 16.7. The standard InChI is InChI=1S/C41H75N3O12/c1-15-17-42-22-41(50)28(8)53-31(20-39(41,10)51-14)55-33-25(5)35(56-37-32(45)29(44(12)13)18-24(4)52-37)38(9,48)19-23(3)21-43-27(7)34(46)40(11,49)30(16-2)54-36(47)26(33)6/h1,23-35,37,42-43,45-46,48-50H,16-22H2,2-14H3/t23-,24-,25+,26-,27-,28+,29+,30-,31+,32-,33+,34-,35-,37+,38+,39-,40-,41-/m1/s1. The number of methoxy groups -OCH3 is 1. The molecule has 0 spiro atoms. The summed E-state index contributed by atoms with van der Waals surface area (Å²) in [5, 5.41) is 65.4.